The van der Waals surface area contributed by atoms with Crippen LogP contribution in [0.15, 0.2) is 0 Å². The van der Waals surface area contributed by atoms with E-state index in [0.717, 1.165) is 13.8 Å². The standard InChI is InChI=1S/C34H58N2O28S/c1-8-17(41)22(46)25(49)32(57-8)64-29-24(48)19(43)12(5-38)60-34(29)62-27-14(7-56-65(52,53)54)61-31(15(21(27)45)35-9(2)39)55-6-13-20(44)28(16(30(51)58-13)36-10(3)40)63-33-26(50)23(47)18(42)11(4-37)59-33/h8,11-34,37-38,41-51H,4-7H2,1-3H3,(H,35,39)(H,36,40)(H,52,53,54)/t8-,11+,12+,13+,14+,15+,16+,17+,18-,19-,20-,21+,22+,23-,24-,25-,26+,27+,28+,29+,30-,31?,32?,33?,34?/m0/s1. The number of nitrogens with one attached hydrogen (secondary N) is 2. The van der Waals surface area contributed by atoms with Crippen LogP contribution in [0.3, 0.4) is 0 Å². The van der Waals surface area contributed by atoms with E-state index in [2.05, 4.69) is 14.8 Å². The zero-order chi connectivity index (χ0) is 48.4. The van der Waals surface area contributed by atoms with Crippen LogP contribution in [0.1, 0.15) is 20.8 Å². The van der Waals surface area contributed by atoms with Gasteiger partial charge >= 0.3 is 10.4 Å². The van der Waals surface area contributed by atoms with E-state index in [-0.39, 0.29) is 0 Å². The SMILES string of the molecule is CC(=O)N[C@@H]1[C@@H](OC2O[C@H](CO)[C@H](O)[C@H](O)[C@H]2O)[C@@H](O)[C@@H](COC2O[C@H](COS(=O)(=O)O)[C@@H](OC3O[C@H](CO)[C@H](O)[C@H](O)[C@H]3OC3O[C@@H](C)[C@@H](O)[C@@H](O)[C@@H]3O)[C@H](O)[C@H]2NC(C)=O)O[C@@H]1O. The van der Waals surface area contributed by atoms with Gasteiger partial charge in [0.1, 0.15) is 116 Å². The highest BCUT2D eigenvalue weighted by Crippen LogP contribution is 2.35. The molecule has 0 saturated carbocycles. The summed E-state index contributed by atoms with van der Waals surface area (Å²) in [6.45, 7) is -0.636. The molecule has 25 atom stereocenters. The second-order valence-electron chi connectivity index (χ2n) is 16.0. The molecule has 4 unspecified atom stereocenters. The van der Waals surface area contributed by atoms with E-state index in [4.69, 9.17) is 42.6 Å². The van der Waals surface area contributed by atoms with E-state index in [1.807, 2.05) is 0 Å². The molecule has 2 amide bonds. The van der Waals surface area contributed by atoms with E-state index in [1.165, 1.54) is 6.92 Å². The normalized spacial score (nSPS) is 47.5. The molecule has 0 aromatic carbocycles. The molecule has 378 valence electrons. The first kappa shape index (κ1) is 53.9. The van der Waals surface area contributed by atoms with Crippen LogP contribution in [0, 0.1) is 0 Å². The summed E-state index contributed by atoms with van der Waals surface area (Å²) >= 11 is 0. The average Bonchev–Trinajstić information content (AvgIpc) is 3.24. The molecule has 31 heteroatoms. The van der Waals surface area contributed by atoms with Gasteiger partial charge in [0, 0.05) is 13.8 Å². The molecule has 30 nitrogen and oxygen atoms in total. The molecular weight excluding hydrogens is 916 g/mol. The van der Waals surface area contributed by atoms with Gasteiger partial charge in [0.25, 0.3) is 0 Å². The molecule has 5 rings (SSSR count). The van der Waals surface area contributed by atoms with E-state index in [0.29, 0.717) is 0 Å². The van der Waals surface area contributed by atoms with Crippen molar-refractivity contribution in [3.05, 3.63) is 0 Å². The van der Waals surface area contributed by atoms with Gasteiger partial charge in [-0.3, -0.25) is 14.1 Å². The van der Waals surface area contributed by atoms with Crippen molar-refractivity contribution < 1.29 is 136 Å². The number of aliphatic hydroxyl groups excluding tert-OH is 13. The van der Waals surface area contributed by atoms with Crippen molar-refractivity contribution in [2.75, 3.05) is 26.4 Å². The number of hydrogen-bond donors (Lipinski definition) is 16. The first-order valence-corrected chi connectivity index (χ1v) is 21.5. The maximum Gasteiger partial charge on any atom is 0.397 e. The predicted molar refractivity (Wildman–Crippen MR) is 199 cm³/mol. The number of rotatable bonds is 16. The molecule has 0 aliphatic carbocycles. The molecule has 5 aliphatic heterocycles. The number of ether oxygens (including phenoxy) is 9. The highest BCUT2D eigenvalue weighted by Gasteiger charge is 2.56. The molecule has 16 N–H and O–H groups in total. The molecule has 5 fully saturated rings. The van der Waals surface area contributed by atoms with E-state index >= 15 is 0 Å². The molecular formula is C34H58N2O28S. The molecule has 0 spiro atoms. The lowest BCUT2D eigenvalue weighted by Gasteiger charge is -2.49. The third-order valence-electron chi connectivity index (χ3n) is 11.3. The summed E-state index contributed by atoms with van der Waals surface area (Å²) in [4.78, 5) is 24.6. The number of carbonyl (C=O) groups excluding carboxylic acids is 2. The van der Waals surface area contributed by atoms with Crippen molar-refractivity contribution in [3.8, 4) is 0 Å². The Morgan fingerprint density at radius 1 is 0.508 bits per heavy atom. The third kappa shape index (κ3) is 12.6. The van der Waals surface area contributed by atoms with Crippen LogP contribution in [0.25, 0.3) is 0 Å². The van der Waals surface area contributed by atoms with E-state index in [1.54, 1.807) is 0 Å². The maximum absolute atomic E-state index is 12.5. The fourth-order valence-corrected chi connectivity index (χ4v) is 8.10. The van der Waals surface area contributed by atoms with Gasteiger partial charge in [-0.1, -0.05) is 0 Å². The first-order chi connectivity index (χ1) is 30.4. The fraction of sp³-hybridized carbons (Fsp3) is 0.941. The zero-order valence-electron chi connectivity index (χ0n) is 34.6. The first-order valence-electron chi connectivity index (χ1n) is 20.1. The lowest BCUT2D eigenvalue weighted by atomic mass is 9.94. The summed E-state index contributed by atoms with van der Waals surface area (Å²) in [5, 5.41) is 142. The maximum atomic E-state index is 12.5. The molecule has 5 aliphatic rings. The number of amides is 2. The minimum atomic E-state index is -5.29. The van der Waals surface area contributed by atoms with Gasteiger partial charge in [0.15, 0.2) is 31.5 Å². The molecule has 0 radical (unpaired) electrons. The minimum Gasteiger partial charge on any atom is -0.394 e. The highest BCUT2D eigenvalue weighted by atomic mass is 32.3. The van der Waals surface area contributed by atoms with Crippen LogP contribution in [-0.2, 0) is 66.8 Å². The molecule has 0 bridgehead atoms. The van der Waals surface area contributed by atoms with Gasteiger partial charge in [-0.05, 0) is 6.92 Å². The Kier molecular flexibility index (Phi) is 18.7. The monoisotopic (exact) mass is 974 g/mol. The number of aliphatic hydroxyl groups is 13. The van der Waals surface area contributed by atoms with Crippen molar-refractivity contribution in [1.82, 2.24) is 10.6 Å². The van der Waals surface area contributed by atoms with Crippen LogP contribution < -0.4 is 10.6 Å². The largest absolute Gasteiger partial charge is 0.397 e. The number of carbonyl (C=O) groups is 2. The Bertz CT molecular complexity index is 1670. The summed E-state index contributed by atoms with van der Waals surface area (Å²) in [6, 6.07) is -3.40. The van der Waals surface area contributed by atoms with Gasteiger partial charge in [0.2, 0.25) is 11.8 Å². The van der Waals surface area contributed by atoms with Crippen LogP contribution in [0.5, 0.6) is 0 Å². The Hall–Kier alpha value is -2.07. The van der Waals surface area contributed by atoms with Crippen LogP contribution in [0.2, 0.25) is 0 Å². The van der Waals surface area contributed by atoms with E-state index < -0.39 is 202 Å². The van der Waals surface area contributed by atoms with E-state index in [9.17, 15) is 88.9 Å². The van der Waals surface area contributed by atoms with Crippen molar-refractivity contribution in [3.63, 3.8) is 0 Å². The van der Waals surface area contributed by atoms with Gasteiger partial charge in [-0.25, -0.2) is 4.18 Å². The summed E-state index contributed by atoms with van der Waals surface area (Å²) < 4.78 is 88.3. The quantitative estimate of drug-likeness (QED) is 0.0639. The fourth-order valence-electron chi connectivity index (χ4n) is 7.80. The lowest BCUT2D eigenvalue weighted by molar-refractivity contribution is -0.383. The van der Waals surface area contributed by atoms with Crippen LogP contribution in [-0.4, -0.2) is 271 Å². The molecule has 0 aromatic heterocycles. The Labute approximate surface area is 368 Å². The van der Waals surface area contributed by atoms with Crippen molar-refractivity contribution in [2.24, 2.45) is 0 Å². The third-order valence-corrected chi connectivity index (χ3v) is 11.7. The zero-order valence-corrected chi connectivity index (χ0v) is 35.5. The van der Waals surface area contributed by atoms with Crippen molar-refractivity contribution in [1.29, 1.82) is 0 Å². The second kappa shape index (κ2) is 22.6. The summed E-state index contributed by atoms with van der Waals surface area (Å²) in [5.74, 6) is -1.64. The molecule has 5 heterocycles. The summed E-state index contributed by atoms with van der Waals surface area (Å²) in [5.41, 5.74) is 0. The number of hydrogen-bond acceptors (Lipinski definition) is 27. The topological polar surface area (TPSA) is 468 Å². The Morgan fingerprint density at radius 2 is 1.00 bits per heavy atom. The van der Waals surface area contributed by atoms with Gasteiger partial charge in [-0.15, -0.1) is 0 Å². The Balaban J connectivity index is 1.41. The minimum absolute atomic E-state index is 0.776. The average molecular weight is 975 g/mol. The van der Waals surface area contributed by atoms with Crippen molar-refractivity contribution >= 4 is 22.2 Å². The smallest absolute Gasteiger partial charge is 0.394 e. The van der Waals surface area contributed by atoms with Gasteiger partial charge in [0.05, 0.1) is 32.5 Å². The van der Waals surface area contributed by atoms with Crippen molar-refractivity contribution in [2.45, 2.75) is 174 Å². The lowest BCUT2D eigenvalue weighted by Crippen LogP contribution is -2.69. The predicted octanol–water partition coefficient (Wildman–Crippen LogP) is -10.8. The molecule has 65 heavy (non-hydrogen) atoms. The van der Waals surface area contributed by atoms with Crippen LogP contribution >= 0.6 is 0 Å². The molecule has 0 aromatic rings. The highest BCUT2D eigenvalue weighted by molar-refractivity contribution is 7.80. The van der Waals surface area contributed by atoms with Gasteiger partial charge in [-0.2, -0.15) is 8.42 Å². The Morgan fingerprint density at radius 3 is 1.57 bits per heavy atom. The van der Waals surface area contributed by atoms with Gasteiger partial charge < -0.3 is 120 Å². The second-order valence-corrected chi connectivity index (χ2v) is 17.1. The molecule has 5 saturated heterocycles. The van der Waals surface area contributed by atoms with Crippen LogP contribution in [0.4, 0.5) is 0 Å². The summed E-state index contributed by atoms with van der Waals surface area (Å²) in [6.07, 6.45) is -42.8. The summed E-state index contributed by atoms with van der Waals surface area (Å²) in [7, 11) is -5.29.